The maximum absolute atomic E-state index is 5.23. The summed E-state index contributed by atoms with van der Waals surface area (Å²) in [5.74, 6) is 0.919. The van der Waals surface area contributed by atoms with E-state index in [1.807, 2.05) is 12.1 Å². The summed E-state index contributed by atoms with van der Waals surface area (Å²) in [5, 5.41) is 3.62. The van der Waals surface area contributed by atoms with Crippen LogP contribution in [0.15, 0.2) is 24.3 Å². The Morgan fingerprint density at radius 2 is 1.95 bits per heavy atom. The number of hydrogen-bond donors (Lipinski definition) is 1. The van der Waals surface area contributed by atoms with Crippen molar-refractivity contribution < 1.29 is 4.74 Å². The Morgan fingerprint density at radius 1 is 1.32 bits per heavy atom. The van der Waals surface area contributed by atoms with Crippen LogP contribution in [0, 0.1) is 0 Å². The quantitative estimate of drug-likeness (QED) is 0.818. The van der Waals surface area contributed by atoms with Crippen molar-refractivity contribution >= 4 is 0 Å². The fourth-order valence-electron chi connectivity index (χ4n) is 2.65. The highest BCUT2D eigenvalue weighted by molar-refractivity contribution is 5.30. The van der Waals surface area contributed by atoms with Crippen LogP contribution in [-0.4, -0.2) is 37.7 Å². The number of nitrogens with zero attached hydrogens (tertiary/aromatic N) is 1. The van der Waals surface area contributed by atoms with Crippen LogP contribution in [0.4, 0.5) is 0 Å². The highest BCUT2D eigenvalue weighted by Crippen LogP contribution is 2.31. The molecule has 0 aromatic heterocycles. The number of ether oxygens (including phenoxy) is 1. The first-order chi connectivity index (χ1) is 9.17. The fourth-order valence-corrected chi connectivity index (χ4v) is 2.65. The second kappa shape index (κ2) is 6.40. The maximum Gasteiger partial charge on any atom is 0.118 e. The Kier molecular flexibility index (Phi) is 4.83. The molecule has 0 radical (unpaired) electrons. The normalized spacial score (nSPS) is 18.4. The topological polar surface area (TPSA) is 24.5 Å². The largest absolute Gasteiger partial charge is 0.497 e. The van der Waals surface area contributed by atoms with Gasteiger partial charge in [-0.25, -0.2) is 0 Å². The minimum Gasteiger partial charge on any atom is -0.497 e. The van der Waals surface area contributed by atoms with E-state index in [0.717, 1.165) is 18.3 Å². The SMILES string of the molecule is CCNC(c1ccc(OC)cc1)C(C)N(C)C1CC1. The van der Waals surface area contributed by atoms with Gasteiger partial charge in [0.15, 0.2) is 0 Å². The van der Waals surface area contributed by atoms with E-state index in [1.54, 1.807) is 7.11 Å². The van der Waals surface area contributed by atoms with Gasteiger partial charge in [0, 0.05) is 18.1 Å². The molecular formula is C16H26N2O. The summed E-state index contributed by atoms with van der Waals surface area (Å²) < 4.78 is 5.23. The zero-order valence-corrected chi connectivity index (χ0v) is 12.5. The van der Waals surface area contributed by atoms with Gasteiger partial charge in [-0.3, -0.25) is 4.90 Å². The third-order valence-corrected chi connectivity index (χ3v) is 4.15. The lowest BCUT2D eigenvalue weighted by Crippen LogP contribution is -2.42. The molecule has 1 aromatic rings. The second-order valence-electron chi connectivity index (χ2n) is 5.45. The van der Waals surface area contributed by atoms with Gasteiger partial charge in [-0.15, -0.1) is 0 Å². The molecule has 2 rings (SSSR count). The molecule has 1 aliphatic carbocycles. The summed E-state index contributed by atoms with van der Waals surface area (Å²) in [5.41, 5.74) is 1.34. The molecule has 1 fully saturated rings. The van der Waals surface area contributed by atoms with Crippen molar-refractivity contribution in [2.45, 2.75) is 44.8 Å². The molecule has 106 valence electrons. The fraction of sp³-hybridized carbons (Fsp3) is 0.625. The van der Waals surface area contributed by atoms with E-state index in [4.69, 9.17) is 4.74 Å². The van der Waals surface area contributed by atoms with E-state index in [1.165, 1.54) is 18.4 Å². The average Bonchev–Trinajstić information content (AvgIpc) is 3.28. The number of likely N-dealkylation sites (N-methyl/N-ethyl adjacent to an activating group) is 2. The van der Waals surface area contributed by atoms with Gasteiger partial charge in [0.05, 0.1) is 7.11 Å². The standard InChI is InChI=1S/C16H26N2O/c1-5-17-16(12(2)18(3)14-8-9-14)13-6-10-15(19-4)11-7-13/h6-7,10-12,14,16-17H,5,8-9H2,1-4H3. The zero-order valence-electron chi connectivity index (χ0n) is 12.5. The molecule has 0 bridgehead atoms. The third kappa shape index (κ3) is 3.48. The van der Waals surface area contributed by atoms with Gasteiger partial charge in [-0.1, -0.05) is 19.1 Å². The summed E-state index contributed by atoms with van der Waals surface area (Å²) in [6, 6.07) is 10.1. The van der Waals surface area contributed by atoms with E-state index >= 15 is 0 Å². The van der Waals surface area contributed by atoms with Gasteiger partial charge < -0.3 is 10.1 Å². The zero-order chi connectivity index (χ0) is 13.8. The van der Waals surface area contributed by atoms with Crippen molar-refractivity contribution in [2.75, 3.05) is 20.7 Å². The summed E-state index contributed by atoms with van der Waals surface area (Å²) in [6.45, 7) is 5.47. The van der Waals surface area contributed by atoms with Crippen molar-refractivity contribution in [3.63, 3.8) is 0 Å². The Hall–Kier alpha value is -1.06. The molecule has 2 unspecified atom stereocenters. The first-order valence-electron chi connectivity index (χ1n) is 7.26. The van der Waals surface area contributed by atoms with Gasteiger partial charge in [-0.2, -0.15) is 0 Å². The second-order valence-corrected chi connectivity index (χ2v) is 5.45. The van der Waals surface area contributed by atoms with Crippen molar-refractivity contribution in [3.05, 3.63) is 29.8 Å². The summed E-state index contributed by atoms with van der Waals surface area (Å²) in [4.78, 5) is 2.51. The van der Waals surface area contributed by atoms with Gasteiger partial charge >= 0.3 is 0 Å². The average molecular weight is 262 g/mol. The van der Waals surface area contributed by atoms with E-state index < -0.39 is 0 Å². The lowest BCUT2D eigenvalue weighted by molar-refractivity contribution is 0.199. The lowest BCUT2D eigenvalue weighted by atomic mass is 9.99. The predicted octanol–water partition coefficient (Wildman–Crippen LogP) is 2.83. The van der Waals surface area contributed by atoms with Crippen LogP contribution in [0.2, 0.25) is 0 Å². The van der Waals surface area contributed by atoms with Crippen LogP contribution in [-0.2, 0) is 0 Å². The third-order valence-electron chi connectivity index (χ3n) is 4.15. The number of nitrogens with one attached hydrogen (secondary N) is 1. The molecule has 1 saturated carbocycles. The molecule has 3 nitrogen and oxygen atoms in total. The lowest BCUT2D eigenvalue weighted by Gasteiger charge is -2.33. The van der Waals surface area contributed by atoms with E-state index in [-0.39, 0.29) is 0 Å². The molecule has 0 saturated heterocycles. The van der Waals surface area contributed by atoms with Crippen LogP contribution in [0.5, 0.6) is 5.75 Å². The Morgan fingerprint density at radius 3 is 2.42 bits per heavy atom. The predicted molar refractivity (Wildman–Crippen MR) is 79.7 cm³/mol. The maximum atomic E-state index is 5.23. The van der Waals surface area contributed by atoms with Crippen LogP contribution in [0.25, 0.3) is 0 Å². The number of rotatable bonds is 7. The molecule has 0 heterocycles. The first-order valence-corrected chi connectivity index (χ1v) is 7.26. The molecule has 1 aromatic carbocycles. The summed E-state index contributed by atoms with van der Waals surface area (Å²) in [7, 11) is 3.95. The molecule has 0 aliphatic heterocycles. The molecule has 3 heteroatoms. The van der Waals surface area contributed by atoms with Crippen molar-refractivity contribution in [2.24, 2.45) is 0 Å². The van der Waals surface area contributed by atoms with Crippen LogP contribution < -0.4 is 10.1 Å². The van der Waals surface area contributed by atoms with Gasteiger partial charge in [-0.05, 0) is 51.1 Å². The van der Waals surface area contributed by atoms with Gasteiger partial charge in [0.25, 0.3) is 0 Å². The Bertz CT molecular complexity index is 386. The number of methoxy groups -OCH3 is 1. The minimum atomic E-state index is 0.376. The molecular weight excluding hydrogens is 236 g/mol. The molecule has 2 atom stereocenters. The highest BCUT2D eigenvalue weighted by Gasteiger charge is 2.32. The van der Waals surface area contributed by atoms with Gasteiger partial charge in [0.2, 0.25) is 0 Å². The molecule has 1 N–H and O–H groups in total. The van der Waals surface area contributed by atoms with Crippen LogP contribution in [0.3, 0.4) is 0 Å². The molecule has 1 aliphatic rings. The summed E-state index contributed by atoms with van der Waals surface area (Å²) in [6.07, 6.45) is 2.70. The van der Waals surface area contributed by atoms with Crippen molar-refractivity contribution in [3.8, 4) is 5.75 Å². The van der Waals surface area contributed by atoms with Crippen molar-refractivity contribution in [1.29, 1.82) is 0 Å². The van der Waals surface area contributed by atoms with E-state index in [0.29, 0.717) is 12.1 Å². The Balaban J connectivity index is 2.12. The van der Waals surface area contributed by atoms with E-state index in [2.05, 4.69) is 43.2 Å². The van der Waals surface area contributed by atoms with Crippen LogP contribution >= 0.6 is 0 Å². The summed E-state index contributed by atoms with van der Waals surface area (Å²) >= 11 is 0. The molecule has 0 spiro atoms. The molecule has 19 heavy (non-hydrogen) atoms. The van der Waals surface area contributed by atoms with E-state index in [9.17, 15) is 0 Å². The highest BCUT2D eigenvalue weighted by atomic mass is 16.5. The number of hydrogen-bond acceptors (Lipinski definition) is 3. The minimum absolute atomic E-state index is 0.376. The number of benzene rings is 1. The Labute approximate surface area is 116 Å². The first kappa shape index (κ1) is 14.4. The van der Waals surface area contributed by atoms with Gasteiger partial charge in [0.1, 0.15) is 5.75 Å². The molecule has 0 amide bonds. The smallest absolute Gasteiger partial charge is 0.118 e. The van der Waals surface area contributed by atoms with Crippen molar-refractivity contribution in [1.82, 2.24) is 10.2 Å². The van der Waals surface area contributed by atoms with Crippen LogP contribution in [0.1, 0.15) is 38.3 Å². The monoisotopic (exact) mass is 262 g/mol.